The van der Waals surface area contributed by atoms with E-state index in [2.05, 4.69) is 12.2 Å². The van der Waals surface area contributed by atoms with E-state index in [4.69, 9.17) is 4.74 Å². The summed E-state index contributed by atoms with van der Waals surface area (Å²) in [7, 11) is 1.60. The van der Waals surface area contributed by atoms with Crippen LogP contribution in [0.25, 0.3) is 6.08 Å². The Balaban J connectivity index is 2.78. The maximum absolute atomic E-state index is 11.1. The smallest absolute Gasteiger partial charge is 0.243 e. The fourth-order valence-electron chi connectivity index (χ4n) is 1.21. The van der Waals surface area contributed by atoms with Crippen LogP contribution in [0.4, 0.5) is 0 Å². The van der Waals surface area contributed by atoms with E-state index < -0.39 is 0 Å². The number of nitrogens with one attached hydrogen (secondary N) is 1. The quantitative estimate of drug-likeness (QED) is 0.771. The van der Waals surface area contributed by atoms with Crippen molar-refractivity contribution < 1.29 is 9.53 Å². The lowest BCUT2D eigenvalue weighted by atomic mass is 10.2. The van der Waals surface area contributed by atoms with E-state index in [1.54, 1.807) is 13.1 Å². The number of ether oxygens (including phenoxy) is 1. The number of hydrogen-bond acceptors (Lipinski definition) is 2. The number of para-hydroxylation sites is 1. The van der Waals surface area contributed by atoms with Gasteiger partial charge in [0.25, 0.3) is 0 Å². The van der Waals surface area contributed by atoms with Crippen LogP contribution in [0.1, 0.15) is 18.9 Å². The van der Waals surface area contributed by atoms with Crippen molar-refractivity contribution in [1.29, 1.82) is 0 Å². The van der Waals surface area contributed by atoms with E-state index in [0.717, 1.165) is 17.7 Å². The van der Waals surface area contributed by atoms with Gasteiger partial charge >= 0.3 is 0 Å². The average Bonchev–Trinajstić information content (AvgIpc) is 2.34. The molecule has 0 fully saturated rings. The van der Waals surface area contributed by atoms with Crippen LogP contribution in [0.5, 0.6) is 5.75 Å². The molecule has 1 aromatic rings. The highest BCUT2D eigenvalue weighted by Crippen LogP contribution is 2.19. The topological polar surface area (TPSA) is 38.3 Å². The molecule has 1 aromatic carbocycles. The van der Waals surface area contributed by atoms with Crippen LogP contribution < -0.4 is 10.1 Å². The van der Waals surface area contributed by atoms with Crippen molar-refractivity contribution in [1.82, 2.24) is 5.32 Å². The summed E-state index contributed by atoms with van der Waals surface area (Å²) in [6, 6.07) is 7.66. The molecule has 3 nitrogen and oxygen atoms in total. The minimum Gasteiger partial charge on any atom is -0.493 e. The number of carbonyl (C=O) groups excluding carboxylic acids is 1. The monoisotopic (exact) mass is 219 g/mol. The zero-order chi connectivity index (χ0) is 11.8. The second-order valence-electron chi connectivity index (χ2n) is 3.33. The maximum atomic E-state index is 11.1. The summed E-state index contributed by atoms with van der Waals surface area (Å²) in [6.45, 7) is 2.74. The Morgan fingerprint density at radius 2 is 2.19 bits per heavy atom. The molecule has 0 heterocycles. The third kappa shape index (κ3) is 3.77. The molecule has 0 aliphatic carbocycles. The highest BCUT2D eigenvalue weighted by Gasteiger charge is 1.99. The largest absolute Gasteiger partial charge is 0.493 e. The van der Waals surface area contributed by atoms with Crippen LogP contribution in [-0.4, -0.2) is 19.6 Å². The van der Waals surface area contributed by atoms with E-state index >= 15 is 0 Å². The number of hydrogen-bond donors (Lipinski definition) is 1. The van der Waals surface area contributed by atoms with Crippen LogP contribution in [0.3, 0.4) is 0 Å². The third-order valence-corrected chi connectivity index (χ3v) is 2.04. The molecule has 86 valence electrons. The number of likely N-dealkylation sites (N-methyl/N-ethyl adjacent to an activating group) is 1. The molecule has 0 unspecified atom stereocenters. The number of rotatable bonds is 5. The summed E-state index contributed by atoms with van der Waals surface area (Å²) >= 11 is 0. The lowest BCUT2D eigenvalue weighted by molar-refractivity contribution is -0.115. The van der Waals surface area contributed by atoms with Gasteiger partial charge in [-0.2, -0.15) is 0 Å². The Morgan fingerprint density at radius 3 is 2.88 bits per heavy atom. The lowest BCUT2D eigenvalue weighted by Gasteiger charge is -2.07. The minimum absolute atomic E-state index is 0.120. The fourth-order valence-corrected chi connectivity index (χ4v) is 1.21. The van der Waals surface area contributed by atoms with Crippen molar-refractivity contribution in [3.8, 4) is 5.75 Å². The first-order chi connectivity index (χ1) is 7.77. The van der Waals surface area contributed by atoms with Crippen molar-refractivity contribution in [2.45, 2.75) is 13.3 Å². The third-order valence-electron chi connectivity index (χ3n) is 2.04. The van der Waals surface area contributed by atoms with Crippen molar-refractivity contribution in [2.24, 2.45) is 0 Å². The molecule has 0 radical (unpaired) electrons. The Labute approximate surface area is 96.1 Å². The molecule has 0 atom stereocenters. The van der Waals surface area contributed by atoms with Crippen LogP contribution in [0.15, 0.2) is 30.3 Å². The first-order valence-electron chi connectivity index (χ1n) is 5.39. The van der Waals surface area contributed by atoms with Gasteiger partial charge in [0.15, 0.2) is 0 Å². The lowest BCUT2D eigenvalue weighted by Crippen LogP contribution is -2.13. The molecule has 0 aromatic heterocycles. The standard InChI is InChI=1S/C13H17NO2/c1-3-10-16-12-7-5-4-6-11(12)8-9-13(15)14-2/h4-9H,3,10H2,1-2H3,(H,14,15)/b9-8+. The van der Waals surface area contributed by atoms with E-state index in [-0.39, 0.29) is 5.91 Å². The van der Waals surface area contributed by atoms with Crippen LogP contribution >= 0.6 is 0 Å². The van der Waals surface area contributed by atoms with Gasteiger partial charge < -0.3 is 10.1 Å². The Morgan fingerprint density at radius 1 is 1.44 bits per heavy atom. The second-order valence-corrected chi connectivity index (χ2v) is 3.33. The van der Waals surface area contributed by atoms with Gasteiger partial charge in [-0.05, 0) is 18.6 Å². The van der Waals surface area contributed by atoms with E-state index in [1.165, 1.54) is 6.08 Å². The van der Waals surface area contributed by atoms with Gasteiger partial charge in [-0.1, -0.05) is 25.1 Å². The fraction of sp³-hybridized carbons (Fsp3) is 0.308. The highest BCUT2D eigenvalue weighted by molar-refractivity contribution is 5.91. The molecule has 1 N–H and O–H groups in total. The predicted molar refractivity (Wildman–Crippen MR) is 65.3 cm³/mol. The maximum Gasteiger partial charge on any atom is 0.243 e. The zero-order valence-electron chi connectivity index (χ0n) is 9.69. The van der Waals surface area contributed by atoms with Gasteiger partial charge in [-0.25, -0.2) is 0 Å². The normalized spacial score (nSPS) is 10.4. The molecule has 0 saturated carbocycles. The van der Waals surface area contributed by atoms with Crippen LogP contribution in [0, 0.1) is 0 Å². The minimum atomic E-state index is -0.120. The molecule has 3 heteroatoms. The first kappa shape index (κ1) is 12.3. The molecule has 1 rings (SSSR count). The molecule has 1 amide bonds. The predicted octanol–water partition coefficient (Wildman–Crippen LogP) is 2.23. The summed E-state index contributed by atoms with van der Waals surface area (Å²) in [5.74, 6) is 0.690. The summed E-state index contributed by atoms with van der Waals surface area (Å²) in [5.41, 5.74) is 0.916. The molecule has 0 bridgehead atoms. The van der Waals surface area contributed by atoms with Gasteiger partial charge in [0.2, 0.25) is 5.91 Å². The van der Waals surface area contributed by atoms with E-state index in [1.807, 2.05) is 24.3 Å². The second kappa shape index (κ2) is 6.67. The summed E-state index contributed by atoms with van der Waals surface area (Å²) in [5, 5.41) is 2.53. The average molecular weight is 219 g/mol. The Bertz CT molecular complexity index is 372. The van der Waals surface area contributed by atoms with Crippen LogP contribution in [0.2, 0.25) is 0 Å². The SMILES string of the molecule is CCCOc1ccccc1/C=C/C(=O)NC. The van der Waals surface area contributed by atoms with E-state index in [0.29, 0.717) is 6.61 Å². The summed E-state index contributed by atoms with van der Waals surface area (Å²) in [4.78, 5) is 11.1. The molecule has 0 spiro atoms. The summed E-state index contributed by atoms with van der Waals surface area (Å²) < 4.78 is 5.57. The molecule has 16 heavy (non-hydrogen) atoms. The van der Waals surface area contributed by atoms with E-state index in [9.17, 15) is 4.79 Å². The van der Waals surface area contributed by atoms with Crippen molar-refractivity contribution in [2.75, 3.05) is 13.7 Å². The molecule has 0 saturated heterocycles. The Kier molecular flexibility index (Phi) is 5.12. The van der Waals surface area contributed by atoms with Gasteiger partial charge in [-0.3, -0.25) is 4.79 Å². The molecular formula is C13H17NO2. The van der Waals surface area contributed by atoms with Crippen LogP contribution in [-0.2, 0) is 4.79 Å². The Hall–Kier alpha value is -1.77. The number of amides is 1. The molecular weight excluding hydrogens is 202 g/mol. The van der Waals surface area contributed by atoms with Gasteiger partial charge in [0, 0.05) is 18.7 Å². The van der Waals surface area contributed by atoms with Gasteiger partial charge in [-0.15, -0.1) is 0 Å². The first-order valence-corrected chi connectivity index (χ1v) is 5.39. The zero-order valence-corrected chi connectivity index (χ0v) is 9.69. The van der Waals surface area contributed by atoms with Crippen molar-refractivity contribution in [3.05, 3.63) is 35.9 Å². The van der Waals surface area contributed by atoms with Crippen molar-refractivity contribution in [3.63, 3.8) is 0 Å². The highest BCUT2D eigenvalue weighted by atomic mass is 16.5. The van der Waals surface area contributed by atoms with Gasteiger partial charge in [0.1, 0.15) is 5.75 Å². The molecule has 0 aliphatic rings. The van der Waals surface area contributed by atoms with Gasteiger partial charge in [0.05, 0.1) is 6.61 Å². The number of benzene rings is 1. The summed E-state index contributed by atoms with van der Waals surface area (Å²) in [6.07, 6.45) is 4.21. The molecule has 0 aliphatic heterocycles. The number of carbonyl (C=O) groups is 1. The van der Waals surface area contributed by atoms with Crippen molar-refractivity contribution >= 4 is 12.0 Å².